The number of nitrogens with one attached hydrogen (secondary N) is 2. The highest BCUT2D eigenvalue weighted by molar-refractivity contribution is 4.76. The van der Waals surface area contributed by atoms with Gasteiger partial charge in [-0.25, -0.2) is 0 Å². The Hall–Kier alpha value is -0.120. The Morgan fingerprint density at radius 2 is 1.35 bits per heavy atom. The number of hydrogen-bond acceptors (Lipinski definition) is 3. The van der Waals surface area contributed by atoms with Gasteiger partial charge in [0, 0.05) is 12.6 Å². The number of rotatable bonds is 1. The molecule has 0 aliphatic carbocycles. The van der Waals surface area contributed by atoms with Crippen LogP contribution in [-0.2, 0) is 0 Å². The fourth-order valence-electron chi connectivity index (χ4n) is 1.71. The first kappa shape index (κ1) is 19.2. The lowest BCUT2D eigenvalue weighted by Gasteiger charge is -2.16. The zero-order valence-electron chi connectivity index (χ0n) is 13.0. The van der Waals surface area contributed by atoms with Crippen LogP contribution >= 0.6 is 0 Å². The van der Waals surface area contributed by atoms with Crippen LogP contribution in [-0.4, -0.2) is 51.2 Å². The Morgan fingerprint density at radius 1 is 0.824 bits per heavy atom. The molecule has 0 amide bonds. The minimum atomic E-state index is 0.787. The molecule has 106 valence electrons. The van der Waals surface area contributed by atoms with E-state index in [-0.39, 0.29) is 0 Å². The third-order valence-corrected chi connectivity index (χ3v) is 2.72. The normalized spacial score (nSPS) is 21.7. The van der Waals surface area contributed by atoms with Gasteiger partial charge >= 0.3 is 0 Å². The first-order valence-corrected chi connectivity index (χ1v) is 7.38. The summed E-state index contributed by atoms with van der Waals surface area (Å²) in [6.07, 6.45) is 4.09. The molecule has 2 heterocycles. The SMILES string of the molecule is C1CCNC1.CC.CC.CN(C)C1CCNC1. The van der Waals surface area contributed by atoms with Crippen molar-refractivity contribution in [3.05, 3.63) is 0 Å². The summed E-state index contributed by atoms with van der Waals surface area (Å²) < 4.78 is 0. The van der Waals surface area contributed by atoms with Crippen molar-refractivity contribution >= 4 is 0 Å². The quantitative estimate of drug-likeness (QED) is 0.742. The molecule has 2 aliphatic heterocycles. The summed E-state index contributed by atoms with van der Waals surface area (Å²) in [7, 11) is 4.27. The van der Waals surface area contributed by atoms with Gasteiger partial charge in [-0.3, -0.25) is 0 Å². The fraction of sp³-hybridized carbons (Fsp3) is 1.00. The van der Waals surface area contributed by atoms with Crippen LogP contribution in [0.25, 0.3) is 0 Å². The zero-order valence-corrected chi connectivity index (χ0v) is 13.0. The maximum atomic E-state index is 3.31. The number of hydrogen-bond donors (Lipinski definition) is 2. The van der Waals surface area contributed by atoms with Crippen molar-refractivity contribution in [2.45, 2.75) is 53.0 Å². The topological polar surface area (TPSA) is 27.3 Å². The molecule has 1 atom stereocenters. The lowest BCUT2D eigenvalue weighted by Crippen LogP contribution is -2.29. The molecule has 2 fully saturated rings. The van der Waals surface area contributed by atoms with Crippen molar-refractivity contribution in [1.29, 1.82) is 0 Å². The van der Waals surface area contributed by atoms with Gasteiger partial charge < -0.3 is 15.5 Å². The first-order chi connectivity index (χ1) is 8.30. The van der Waals surface area contributed by atoms with Gasteiger partial charge in [-0.15, -0.1) is 0 Å². The number of nitrogens with zero attached hydrogens (tertiary/aromatic N) is 1. The van der Waals surface area contributed by atoms with Gasteiger partial charge in [0.25, 0.3) is 0 Å². The van der Waals surface area contributed by atoms with Gasteiger partial charge in [0.15, 0.2) is 0 Å². The predicted molar refractivity (Wildman–Crippen MR) is 79.8 cm³/mol. The van der Waals surface area contributed by atoms with E-state index in [1.165, 1.54) is 45.4 Å². The second kappa shape index (κ2) is 15.9. The maximum Gasteiger partial charge on any atom is 0.0226 e. The van der Waals surface area contributed by atoms with Crippen LogP contribution in [0.15, 0.2) is 0 Å². The molecule has 0 aromatic carbocycles. The molecule has 0 aromatic rings. The average molecular weight is 245 g/mol. The van der Waals surface area contributed by atoms with Crippen LogP contribution in [0.5, 0.6) is 0 Å². The van der Waals surface area contributed by atoms with Gasteiger partial charge in [-0.2, -0.15) is 0 Å². The molecule has 3 heteroatoms. The molecule has 17 heavy (non-hydrogen) atoms. The van der Waals surface area contributed by atoms with Crippen LogP contribution < -0.4 is 10.6 Å². The summed E-state index contributed by atoms with van der Waals surface area (Å²) in [5, 5.41) is 6.53. The second-order valence-electron chi connectivity index (χ2n) is 4.07. The summed E-state index contributed by atoms with van der Waals surface area (Å²) in [6, 6.07) is 0.787. The minimum absolute atomic E-state index is 0.787. The van der Waals surface area contributed by atoms with E-state index in [4.69, 9.17) is 0 Å². The lowest BCUT2D eigenvalue weighted by atomic mass is 10.2. The van der Waals surface area contributed by atoms with Crippen molar-refractivity contribution in [1.82, 2.24) is 15.5 Å². The van der Waals surface area contributed by atoms with Crippen molar-refractivity contribution in [2.24, 2.45) is 0 Å². The highest BCUT2D eigenvalue weighted by Crippen LogP contribution is 2.01. The summed E-state index contributed by atoms with van der Waals surface area (Å²) in [4.78, 5) is 2.28. The molecule has 0 spiro atoms. The fourth-order valence-corrected chi connectivity index (χ4v) is 1.71. The molecule has 2 N–H and O–H groups in total. The third kappa shape index (κ3) is 12.1. The van der Waals surface area contributed by atoms with Crippen LogP contribution in [0.2, 0.25) is 0 Å². The predicted octanol–water partition coefficient (Wildman–Crippen LogP) is 2.33. The largest absolute Gasteiger partial charge is 0.317 e. The van der Waals surface area contributed by atoms with Crippen LogP contribution in [0, 0.1) is 0 Å². The number of likely N-dealkylation sites (N-methyl/N-ethyl adjacent to an activating group) is 1. The van der Waals surface area contributed by atoms with E-state index in [9.17, 15) is 0 Å². The summed E-state index contributed by atoms with van der Waals surface area (Å²) in [5.41, 5.74) is 0. The van der Waals surface area contributed by atoms with Gasteiger partial charge in [-0.05, 0) is 53.0 Å². The van der Waals surface area contributed by atoms with E-state index in [0.29, 0.717) is 0 Å². The van der Waals surface area contributed by atoms with E-state index in [2.05, 4.69) is 29.6 Å². The van der Waals surface area contributed by atoms with E-state index < -0.39 is 0 Å². The summed E-state index contributed by atoms with van der Waals surface area (Å²) in [6.45, 7) is 12.9. The van der Waals surface area contributed by atoms with Gasteiger partial charge in [0.1, 0.15) is 0 Å². The van der Waals surface area contributed by atoms with Crippen molar-refractivity contribution < 1.29 is 0 Å². The van der Waals surface area contributed by atoms with E-state index in [0.717, 1.165) is 6.04 Å². The molecule has 1 unspecified atom stereocenters. The van der Waals surface area contributed by atoms with Crippen molar-refractivity contribution in [3.63, 3.8) is 0 Å². The molecular formula is C14H35N3. The molecule has 2 rings (SSSR count). The van der Waals surface area contributed by atoms with Gasteiger partial charge in [0.05, 0.1) is 0 Å². The molecule has 3 nitrogen and oxygen atoms in total. The van der Waals surface area contributed by atoms with Crippen molar-refractivity contribution in [2.75, 3.05) is 40.3 Å². The molecule has 0 bridgehead atoms. The summed E-state index contributed by atoms with van der Waals surface area (Å²) >= 11 is 0. The smallest absolute Gasteiger partial charge is 0.0226 e. The molecule has 2 aliphatic rings. The molecule has 2 saturated heterocycles. The molecular weight excluding hydrogens is 210 g/mol. The molecule has 0 saturated carbocycles. The Kier molecular flexibility index (Phi) is 18.0. The Bertz CT molecular complexity index is 109. The minimum Gasteiger partial charge on any atom is -0.317 e. The Labute approximate surface area is 109 Å². The highest BCUT2D eigenvalue weighted by Gasteiger charge is 2.14. The third-order valence-electron chi connectivity index (χ3n) is 2.72. The van der Waals surface area contributed by atoms with Crippen molar-refractivity contribution in [3.8, 4) is 0 Å². The Balaban J connectivity index is 0. The lowest BCUT2D eigenvalue weighted by molar-refractivity contribution is 0.313. The maximum absolute atomic E-state index is 3.31. The van der Waals surface area contributed by atoms with E-state index >= 15 is 0 Å². The Morgan fingerprint density at radius 3 is 1.53 bits per heavy atom. The first-order valence-electron chi connectivity index (χ1n) is 7.38. The monoisotopic (exact) mass is 245 g/mol. The van der Waals surface area contributed by atoms with Crippen LogP contribution in [0.1, 0.15) is 47.0 Å². The van der Waals surface area contributed by atoms with Gasteiger partial charge in [-0.1, -0.05) is 27.7 Å². The molecule has 0 aromatic heterocycles. The standard InChI is InChI=1S/C6H14N2.C4H9N.2C2H6/c1-8(2)6-3-4-7-5-6;1-2-4-5-3-1;2*1-2/h6-7H,3-5H2,1-2H3;5H,1-4H2;2*1-2H3. The average Bonchev–Trinajstić information content (AvgIpc) is 3.10. The second-order valence-corrected chi connectivity index (χ2v) is 4.07. The molecule has 0 radical (unpaired) electrons. The van der Waals surface area contributed by atoms with Gasteiger partial charge in [0.2, 0.25) is 0 Å². The zero-order chi connectivity index (χ0) is 13.5. The summed E-state index contributed by atoms with van der Waals surface area (Å²) in [5.74, 6) is 0. The van der Waals surface area contributed by atoms with E-state index in [1.807, 2.05) is 27.7 Å². The van der Waals surface area contributed by atoms with E-state index in [1.54, 1.807) is 0 Å². The highest BCUT2D eigenvalue weighted by atomic mass is 15.1. The van der Waals surface area contributed by atoms with Crippen LogP contribution in [0.3, 0.4) is 0 Å². The van der Waals surface area contributed by atoms with Crippen LogP contribution in [0.4, 0.5) is 0 Å².